The van der Waals surface area contributed by atoms with Gasteiger partial charge >= 0.3 is 0 Å². The molecule has 2 rings (SSSR count). The van der Waals surface area contributed by atoms with E-state index in [2.05, 4.69) is 4.90 Å². The van der Waals surface area contributed by atoms with Gasteiger partial charge in [0.1, 0.15) is 0 Å². The predicted octanol–water partition coefficient (Wildman–Crippen LogP) is 2.04. The first-order valence-corrected chi connectivity index (χ1v) is 5.68. The van der Waals surface area contributed by atoms with Crippen LogP contribution in [0.5, 0.6) is 0 Å². The number of hydrogen-bond acceptors (Lipinski definition) is 2. The summed E-state index contributed by atoms with van der Waals surface area (Å²) < 4.78 is 5.57. The largest absolute Gasteiger partial charge is 0.380 e. The van der Waals surface area contributed by atoms with Crippen molar-refractivity contribution in [3.63, 3.8) is 0 Å². The van der Waals surface area contributed by atoms with Crippen LogP contribution in [0.25, 0.3) is 0 Å². The van der Waals surface area contributed by atoms with E-state index in [1.807, 2.05) is 7.11 Å². The molecule has 1 saturated heterocycles. The minimum Gasteiger partial charge on any atom is -0.380 e. The van der Waals surface area contributed by atoms with Crippen molar-refractivity contribution >= 4 is 0 Å². The first-order valence-electron chi connectivity index (χ1n) is 5.68. The average Bonchev–Trinajstić information content (AvgIpc) is 2.70. The van der Waals surface area contributed by atoms with E-state index in [1.54, 1.807) is 0 Å². The summed E-state index contributed by atoms with van der Waals surface area (Å²) in [6, 6.07) is 0.737. The van der Waals surface area contributed by atoms with Crippen LogP contribution in [-0.4, -0.2) is 37.2 Å². The van der Waals surface area contributed by atoms with Crippen LogP contribution in [0.1, 0.15) is 38.5 Å². The van der Waals surface area contributed by atoms with Crippen molar-refractivity contribution < 1.29 is 4.74 Å². The smallest absolute Gasteiger partial charge is 0.0726 e. The van der Waals surface area contributed by atoms with E-state index in [0.29, 0.717) is 6.10 Å². The Morgan fingerprint density at radius 2 is 1.69 bits per heavy atom. The lowest BCUT2D eigenvalue weighted by molar-refractivity contribution is -0.00275. The third-order valence-corrected chi connectivity index (χ3v) is 3.58. The minimum atomic E-state index is 0.520. The topological polar surface area (TPSA) is 12.5 Å². The molecule has 76 valence electrons. The molecule has 2 heteroatoms. The van der Waals surface area contributed by atoms with E-state index in [4.69, 9.17) is 4.74 Å². The van der Waals surface area contributed by atoms with E-state index in [-0.39, 0.29) is 0 Å². The average molecular weight is 183 g/mol. The lowest BCUT2D eigenvalue weighted by atomic mass is 9.91. The van der Waals surface area contributed by atoms with Crippen LogP contribution in [0, 0.1) is 0 Å². The molecule has 2 fully saturated rings. The SMILES string of the molecule is COC1CCCCC1N1CCCC1. The van der Waals surface area contributed by atoms with E-state index in [0.717, 1.165) is 6.04 Å². The quantitative estimate of drug-likeness (QED) is 0.649. The Morgan fingerprint density at radius 3 is 2.38 bits per heavy atom. The fourth-order valence-electron chi connectivity index (χ4n) is 2.84. The fourth-order valence-corrected chi connectivity index (χ4v) is 2.84. The van der Waals surface area contributed by atoms with E-state index in [9.17, 15) is 0 Å². The van der Waals surface area contributed by atoms with Crippen LogP contribution in [0.3, 0.4) is 0 Å². The third-order valence-electron chi connectivity index (χ3n) is 3.58. The van der Waals surface area contributed by atoms with Crippen LogP contribution in [0.15, 0.2) is 0 Å². The Balaban J connectivity index is 1.93. The Hall–Kier alpha value is -0.0800. The molecule has 0 aromatic heterocycles. The van der Waals surface area contributed by atoms with Crippen molar-refractivity contribution in [3.05, 3.63) is 0 Å². The molecule has 0 spiro atoms. The molecule has 0 radical (unpaired) electrons. The normalized spacial score (nSPS) is 36.7. The zero-order valence-corrected chi connectivity index (χ0v) is 8.67. The molecule has 2 aliphatic rings. The second-order valence-electron chi connectivity index (χ2n) is 4.37. The predicted molar refractivity (Wildman–Crippen MR) is 53.9 cm³/mol. The minimum absolute atomic E-state index is 0.520. The zero-order chi connectivity index (χ0) is 9.10. The van der Waals surface area contributed by atoms with Crippen molar-refractivity contribution in [1.82, 2.24) is 4.90 Å². The second-order valence-corrected chi connectivity index (χ2v) is 4.37. The molecule has 0 N–H and O–H groups in total. The molecule has 0 amide bonds. The molecule has 0 aromatic carbocycles. The molecule has 2 nitrogen and oxygen atoms in total. The third kappa shape index (κ3) is 2.05. The molecule has 0 bridgehead atoms. The van der Waals surface area contributed by atoms with Crippen molar-refractivity contribution in [3.8, 4) is 0 Å². The first kappa shape index (κ1) is 9.47. The van der Waals surface area contributed by atoms with Crippen molar-refractivity contribution in [1.29, 1.82) is 0 Å². The van der Waals surface area contributed by atoms with Gasteiger partial charge in [0.2, 0.25) is 0 Å². The molecule has 0 aromatic rings. The standard InChI is InChI=1S/C11H21NO/c1-13-11-7-3-2-6-10(11)12-8-4-5-9-12/h10-11H,2-9H2,1H3. The Kier molecular flexibility index (Phi) is 3.23. The number of nitrogens with zero attached hydrogens (tertiary/aromatic N) is 1. The summed E-state index contributed by atoms with van der Waals surface area (Å²) in [5, 5.41) is 0. The van der Waals surface area contributed by atoms with Gasteiger partial charge in [0, 0.05) is 13.2 Å². The monoisotopic (exact) mass is 183 g/mol. The number of rotatable bonds is 2. The van der Waals surface area contributed by atoms with Gasteiger partial charge < -0.3 is 4.74 Å². The highest BCUT2D eigenvalue weighted by Crippen LogP contribution is 2.27. The molecule has 1 heterocycles. The van der Waals surface area contributed by atoms with Gasteiger partial charge in [-0.15, -0.1) is 0 Å². The van der Waals surface area contributed by atoms with Gasteiger partial charge in [-0.3, -0.25) is 4.90 Å². The van der Waals surface area contributed by atoms with Crippen LogP contribution >= 0.6 is 0 Å². The van der Waals surface area contributed by atoms with Gasteiger partial charge in [-0.2, -0.15) is 0 Å². The zero-order valence-electron chi connectivity index (χ0n) is 8.67. The molecule has 2 atom stereocenters. The van der Waals surface area contributed by atoms with Gasteiger partial charge in [0.05, 0.1) is 6.10 Å². The number of methoxy groups -OCH3 is 1. The van der Waals surface area contributed by atoms with Crippen molar-refractivity contribution in [2.24, 2.45) is 0 Å². The maximum Gasteiger partial charge on any atom is 0.0726 e. The van der Waals surface area contributed by atoms with Crippen molar-refractivity contribution in [2.45, 2.75) is 50.7 Å². The Morgan fingerprint density at radius 1 is 1.00 bits per heavy atom. The first-order chi connectivity index (χ1) is 6.42. The van der Waals surface area contributed by atoms with Crippen LogP contribution in [-0.2, 0) is 4.74 Å². The summed E-state index contributed by atoms with van der Waals surface area (Å²) in [6.07, 6.45) is 8.71. The van der Waals surface area contributed by atoms with Gasteiger partial charge in [-0.1, -0.05) is 12.8 Å². The number of likely N-dealkylation sites (tertiary alicyclic amines) is 1. The van der Waals surface area contributed by atoms with Gasteiger partial charge in [-0.05, 0) is 38.8 Å². The van der Waals surface area contributed by atoms with E-state index < -0.39 is 0 Å². The molecule has 1 aliphatic carbocycles. The highest BCUT2D eigenvalue weighted by molar-refractivity contribution is 4.86. The number of hydrogen-bond donors (Lipinski definition) is 0. The summed E-state index contributed by atoms with van der Waals surface area (Å²) in [5.74, 6) is 0. The summed E-state index contributed by atoms with van der Waals surface area (Å²) >= 11 is 0. The lowest BCUT2D eigenvalue weighted by Gasteiger charge is -2.36. The van der Waals surface area contributed by atoms with Gasteiger partial charge in [-0.25, -0.2) is 0 Å². The van der Waals surface area contributed by atoms with E-state index >= 15 is 0 Å². The molecule has 1 saturated carbocycles. The summed E-state index contributed by atoms with van der Waals surface area (Å²) in [6.45, 7) is 2.62. The summed E-state index contributed by atoms with van der Waals surface area (Å²) in [4.78, 5) is 2.65. The number of ether oxygens (including phenoxy) is 1. The Labute approximate surface area is 81.3 Å². The molecule has 13 heavy (non-hydrogen) atoms. The summed E-state index contributed by atoms with van der Waals surface area (Å²) in [7, 11) is 1.87. The van der Waals surface area contributed by atoms with E-state index in [1.165, 1.54) is 51.6 Å². The maximum absolute atomic E-state index is 5.57. The molecular formula is C11H21NO. The van der Waals surface area contributed by atoms with Crippen LogP contribution in [0.4, 0.5) is 0 Å². The van der Waals surface area contributed by atoms with Gasteiger partial charge in [0.25, 0.3) is 0 Å². The highest BCUT2D eigenvalue weighted by atomic mass is 16.5. The van der Waals surface area contributed by atoms with Gasteiger partial charge in [0.15, 0.2) is 0 Å². The lowest BCUT2D eigenvalue weighted by Crippen LogP contribution is -2.44. The van der Waals surface area contributed by atoms with Crippen LogP contribution < -0.4 is 0 Å². The molecule has 1 aliphatic heterocycles. The molecular weight excluding hydrogens is 162 g/mol. The fraction of sp³-hybridized carbons (Fsp3) is 1.00. The highest BCUT2D eigenvalue weighted by Gasteiger charge is 2.31. The Bertz CT molecular complexity index is 152. The van der Waals surface area contributed by atoms with Crippen LogP contribution in [0.2, 0.25) is 0 Å². The second kappa shape index (κ2) is 4.43. The summed E-state index contributed by atoms with van der Waals surface area (Å²) in [5.41, 5.74) is 0. The molecule has 2 unspecified atom stereocenters. The van der Waals surface area contributed by atoms with Crippen molar-refractivity contribution in [2.75, 3.05) is 20.2 Å². The maximum atomic E-state index is 5.57.